The molecule has 1 saturated carbocycles. The first-order valence-corrected chi connectivity index (χ1v) is 8.42. The maximum Gasteiger partial charge on any atom is 0.292 e. The fourth-order valence-corrected chi connectivity index (χ4v) is 2.90. The molecule has 2 aromatic rings. The van der Waals surface area contributed by atoms with E-state index in [-0.39, 0.29) is 23.8 Å². The standard InChI is InChI=1S/C15H20N6O3/c1-2-11-18-19-12(23-11)8-21-7-3-4-10(21)15-17-13(20-24-15)14(22)16-9-5-6-9/h9-10H,2-8H2,1H3,(H,16,22)/t10-/m1/s1. The Morgan fingerprint density at radius 1 is 1.29 bits per heavy atom. The molecule has 0 bridgehead atoms. The fourth-order valence-electron chi connectivity index (χ4n) is 2.90. The molecule has 1 saturated heterocycles. The molecule has 0 radical (unpaired) electrons. The van der Waals surface area contributed by atoms with E-state index in [9.17, 15) is 4.79 Å². The van der Waals surface area contributed by atoms with Gasteiger partial charge in [-0.05, 0) is 32.2 Å². The molecular formula is C15H20N6O3. The summed E-state index contributed by atoms with van der Waals surface area (Å²) < 4.78 is 10.9. The normalized spacial score (nSPS) is 21.3. The predicted molar refractivity (Wildman–Crippen MR) is 80.8 cm³/mol. The Bertz CT molecular complexity index is 722. The highest BCUT2D eigenvalue weighted by molar-refractivity contribution is 5.90. The smallest absolute Gasteiger partial charge is 0.292 e. The van der Waals surface area contributed by atoms with Gasteiger partial charge >= 0.3 is 0 Å². The van der Waals surface area contributed by atoms with Crippen LogP contribution < -0.4 is 5.32 Å². The molecule has 3 heterocycles. The third kappa shape index (κ3) is 3.16. The van der Waals surface area contributed by atoms with E-state index >= 15 is 0 Å². The molecule has 1 atom stereocenters. The molecule has 0 unspecified atom stereocenters. The summed E-state index contributed by atoms with van der Waals surface area (Å²) >= 11 is 0. The first kappa shape index (κ1) is 15.3. The molecule has 2 aliphatic rings. The minimum absolute atomic E-state index is 0.0167. The summed E-state index contributed by atoms with van der Waals surface area (Å²) in [6, 6.07) is 0.254. The molecule has 1 amide bonds. The molecule has 24 heavy (non-hydrogen) atoms. The van der Waals surface area contributed by atoms with Crippen molar-refractivity contribution in [1.29, 1.82) is 0 Å². The molecule has 128 valence electrons. The minimum Gasteiger partial charge on any atom is -0.424 e. The zero-order chi connectivity index (χ0) is 16.5. The number of carbonyl (C=O) groups is 1. The van der Waals surface area contributed by atoms with Gasteiger partial charge in [0.05, 0.1) is 12.6 Å². The number of hydrogen-bond donors (Lipinski definition) is 1. The van der Waals surface area contributed by atoms with Crippen molar-refractivity contribution in [3.05, 3.63) is 23.5 Å². The van der Waals surface area contributed by atoms with Gasteiger partial charge in [-0.1, -0.05) is 12.1 Å². The molecule has 1 aliphatic carbocycles. The molecule has 0 spiro atoms. The van der Waals surface area contributed by atoms with Crippen LogP contribution in [0.1, 0.15) is 66.9 Å². The number of nitrogens with zero attached hydrogens (tertiary/aromatic N) is 5. The number of aryl methyl sites for hydroxylation is 1. The van der Waals surface area contributed by atoms with Crippen LogP contribution in [0.25, 0.3) is 0 Å². The summed E-state index contributed by atoms with van der Waals surface area (Å²) in [5.74, 6) is 1.54. The van der Waals surface area contributed by atoms with E-state index in [4.69, 9.17) is 8.94 Å². The predicted octanol–water partition coefficient (Wildman–Crippen LogP) is 1.24. The molecular weight excluding hydrogens is 312 g/mol. The monoisotopic (exact) mass is 332 g/mol. The summed E-state index contributed by atoms with van der Waals surface area (Å²) in [6.45, 7) is 3.41. The van der Waals surface area contributed by atoms with Crippen LogP contribution in [0.5, 0.6) is 0 Å². The molecule has 2 aromatic heterocycles. The highest BCUT2D eigenvalue weighted by Gasteiger charge is 2.33. The van der Waals surface area contributed by atoms with Gasteiger partial charge < -0.3 is 14.3 Å². The van der Waals surface area contributed by atoms with Gasteiger partial charge in [0.2, 0.25) is 17.7 Å². The van der Waals surface area contributed by atoms with E-state index < -0.39 is 0 Å². The highest BCUT2D eigenvalue weighted by atomic mass is 16.5. The Morgan fingerprint density at radius 2 is 2.12 bits per heavy atom. The first-order valence-electron chi connectivity index (χ1n) is 8.42. The van der Waals surface area contributed by atoms with Gasteiger partial charge in [-0.15, -0.1) is 10.2 Å². The van der Waals surface area contributed by atoms with E-state index in [1.165, 1.54) is 0 Å². The second-order valence-corrected chi connectivity index (χ2v) is 6.28. The van der Waals surface area contributed by atoms with Crippen molar-refractivity contribution in [3.8, 4) is 0 Å². The largest absolute Gasteiger partial charge is 0.424 e. The Balaban J connectivity index is 1.44. The average molecular weight is 332 g/mol. The summed E-state index contributed by atoms with van der Waals surface area (Å²) in [7, 11) is 0. The summed E-state index contributed by atoms with van der Waals surface area (Å²) in [6.07, 6.45) is 4.69. The fraction of sp³-hybridized carbons (Fsp3) is 0.667. The highest BCUT2D eigenvalue weighted by Crippen LogP contribution is 2.32. The van der Waals surface area contributed by atoms with Crippen LogP contribution >= 0.6 is 0 Å². The van der Waals surface area contributed by atoms with Gasteiger partial charge in [-0.25, -0.2) is 0 Å². The lowest BCUT2D eigenvalue weighted by Crippen LogP contribution is -2.27. The minimum atomic E-state index is -0.262. The lowest BCUT2D eigenvalue weighted by molar-refractivity contribution is 0.0937. The van der Waals surface area contributed by atoms with Gasteiger partial charge in [0.25, 0.3) is 11.7 Å². The number of rotatable bonds is 6. The Kier molecular flexibility index (Phi) is 4.01. The van der Waals surface area contributed by atoms with Crippen molar-refractivity contribution in [1.82, 2.24) is 30.6 Å². The van der Waals surface area contributed by atoms with Crippen molar-refractivity contribution in [2.45, 2.75) is 57.7 Å². The zero-order valence-electron chi connectivity index (χ0n) is 13.6. The molecule has 9 heteroatoms. The molecule has 1 aliphatic heterocycles. The van der Waals surface area contributed by atoms with Crippen molar-refractivity contribution in [3.63, 3.8) is 0 Å². The molecule has 4 rings (SSSR count). The van der Waals surface area contributed by atoms with E-state index in [0.717, 1.165) is 38.6 Å². The number of hydrogen-bond acceptors (Lipinski definition) is 8. The van der Waals surface area contributed by atoms with Gasteiger partial charge in [-0.2, -0.15) is 4.98 Å². The third-order valence-electron chi connectivity index (χ3n) is 4.36. The Morgan fingerprint density at radius 3 is 2.88 bits per heavy atom. The quantitative estimate of drug-likeness (QED) is 0.841. The number of aromatic nitrogens is 4. The van der Waals surface area contributed by atoms with Gasteiger partial charge in [0, 0.05) is 12.5 Å². The van der Waals surface area contributed by atoms with E-state index in [1.807, 2.05) is 6.92 Å². The maximum absolute atomic E-state index is 12.0. The Labute approximate surface area is 138 Å². The number of carbonyl (C=O) groups excluding carboxylic acids is 1. The lowest BCUT2D eigenvalue weighted by Gasteiger charge is -2.19. The van der Waals surface area contributed by atoms with Gasteiger partial charge in [0.15, 0.2) is 0 Å². The Hall–Kier alpha value is -2.29. The number of nitrogens with one attached hydrogen (secondary N) is 1. The van der Waals surface area contributed by atoms with Crippen molar-refractivity contribution < 1.29 is 13.7 Å². The van der Waals surface area contributed by atoms with Crippen LogP contribution in [-0.2, 0) is 13.0 Å². The molecule has 1 N–H and O–H groups in total. The maximum atomic E-state index is 12.0. The van der Waals surface area contributed by atoms with Crippen LogP contribution in [0.15, 0.2) is 8.94 Å². The number of amides is 1. The van der Waals surface area contributed by atoms with Crippen LogP contribution in [0.4, 0.5) is 0 Å². The molecule has 2 fully saturated rings. The topological polar surface area (TPSA) is 110 Å². The average Bonchev–Trinajstić information content (AvgIpc) is 3.01. The van der Waals surface area contributed by atoms with Gasteiger partial charge in [-0.3, -0.25) is 9.69 Å². The van der Waals surface area contributed by atoms with Crippen LogP contribution in [-0.4, -0.2) is 43.7 Å². The van der Waals surface area contributed by atoms with Crippen molar-refractivity contribution >= 4 is 5.91 Å². The first-order chi connectivity index (χ1) is 11.7. The molecule has 9 nitrogen and oxygen atoms in total. The van der Waals surface area contributed by atoms with Crippen molar-refractivity contribution in [2.24, 2.45) is 0 Å². The SMILES string of the molecule is CCc1nnc(CN2CCC[C@@H]2c2nc(C(=O)NC3CC3)no2)o1. The summed E-state index contributed by atoms with van der Waals surface area (Å²) in [5, 5.41) is 14.7. The van der Waals surface area contributed by atoms with Crippen LogP contribution in [0, 0.1) is 0 Å². The molecule has 0 aromatic carbocycles. The van der Waals surface area contributed by atoms with Crippen LogP contribution in [0.3, 0.4) is 0 Å². The zero-order valence-corrected chi connectivity index (χ0v) is 13.6. The van der Waals surface area contributed by atoms with E-state index in [2.05, 4.69) is 30.6 Å². The second kappa shape index (κ2) is 6.31. The summed E-state index contributed by atoms with van der Waals surface area (Å²) in [5.41, 5.74) is 0. The van der Waals surface area contributed by atoms with E-state index in [1.54, 1.807) is 0 Å². The third-order valence-corrected chi connectivity index (χ3v) is 4.36. The van der Waals surface area contributed by atoms with E-state index in [0.29, 0.717) is 24.2 Å². The summed E-state index contributed by atoms with van der Waals surface area (Å²) in [4.78, 5) is 18.4. The van der Waals surface area contributed by atoms with Crippen molar-refractivity contribution in [2.75, 3.05) is 6.54 Å². The lowest BCUT2D eigenvalue weighted by atomic mass is 10.2. The second-order valence-electron chi connectivity index (χ2n) is 6.28. The van der Waals surface area contributed by atoms with Crippen LogP contribution in [0.2, 0.25) is 0 Å². The van der Waals surface area contributed by atoms with Gasteiger partial charge in [0.1, 0.15) is 0 Å². The number of likely N-dealkylation sites (tertiary alicyclic amines) is 1.